The van der Waals surface area contributed by atoms with E-state index in [0.717, 1.165) is 19.5 Å². The molecular formula is C21H24N3OS+. The average molecular weight is 367 g/mol. The molecule has 0 bridgehead atoms. The van der Waals surface area contributed by atoms with Crippen LogP contribution >= 0.6 is 11.3 Å². The molecule has 0 radical (unpaired) electrons. The van der Waals surface area contributed by atoms with Crippen molar-refractivity contribution in [2.45, 2.75) is 25.7 Å². The van der Waals surface area contributed by atoms with Crippen molar-refractivity contribution < 1.29 is 9.69 Å². The van der Waals surface area contributed by atoms with Gasteiger partial charge in [-0.1, -0.05) is 42.5 Å². The van der Waals surface area contributed by atoms with Crippen molar-refractivity contribution in [3.63, 3.8) is 0 Å². The van der Waals surface area contributed by atoms with Crippen LogP contribution in [0.1, 0.15) is 29.7 Å². The maximum absolute atomic E-state index is 12.3. The van der Waals surface area contributed by atoms with E-state index >= 15 is 0 Å². The SMILES string of the molecule is O=C(C[NH+]1CCCCC1)Nc1ncc(Cc2cccc3ccccc23)s1. The third-order valence-electron chi connectivity index (χ3n) is 5.02. The van der Waals surface area contributed by atoms with Gasteiger partial charge in [0.1, 0.15) is 0 Å². The monoisotopic (exact) mass is 366 g/mol. The summed E-state index contributed by atoms with van der Waals surface area (Å²) in [4.78, 5) is 19.2. The fourth-order valence-corrected chi connectivity index (χ4v) is 4.55. The number of nitrogens with zero attached hydrogens (tertiary/aromatic N) is 1. The van der Waals surface area contributed by atoms with Crippen LogP contribution in [0.15, 0.2) is 48.7 Å². The lowest BCUT2D eigenvalue weighted by molar-refractivity contribution is -0.896. The van der Waals surface area contributed by atoms with Gasteiger partial charge in [0.05, 0.1) is 13.1 Å². The quantitative estimate of drug-likeness (QED) is 0.729. The van der Waals surface area contributed by atoms with E-state index in [1.807, 2.05) is 6.20 Å². The predicted octanol–water partition coefficient (Wildman–Crippen LogP) is 2.89. The van der Waals surface area contributed by atoms with E-state index in [1.54, 1.807) is 11.3 Å². The first-order valence-corrected chi connectivity index (χ1v) is 10.1. The Labute approximate surface area is 157 Å². The van der Waals surface area contributed by atoms with Gasteiger partial charge in [-0.2, -0.15) is 0 Å². The van der Waals surface area contributed by atoms with Crippen LogP contribution in [0.25, 0.3) is 10.8 Å². The highest BCUT2D eigenvalue weighted by Crippen LogP contribution is 2.25. The van der Waals surface area contributed by atoms with Gasteiger partial charge in [-0.15, -0.1) is 11.3 Å². The Hall–Kier alpha value is -2.24. The molecule has 2 aromatic carbocycles. The van der Waals surface area contributed by atoms with Crippen LogP contribution in [0.3, 0.4) is 0 Å². The molecule has 4 rings (SSSR count). The fourth-order valence-electron chi connectivity index (χ4n) is 3.70. The molecule has 1 aliphatic rings. The number of likely N-dealkylation sites (tertiary alicyclic amines) is 1. The van der Waals surface area contributed by atoms with Crippen LogP contribution < -0.4 is 10.2 Å². The van der Waals surface area contributed by atoms with Crippen molar-refractivity contribution >= 4 is 33.1 Å². The normalized spacial score (nSPS) is 15.2. The first kappa shape index (κ1) is 17.2. The molecule has 1 amide bonds. The Bertz CT molecular complexity index is 894. The van der Waals surface area contributed by atoms with Gasteiger partial charge >= 0.3 is 0 Å². The summed E-state index contributed by atoms with van der Waals surface area (Å²) in [5, 5.41) is 6.23. The molecule has 2 N–H and O–H groups in total. The number of fused-ring (bicyclic) bond motifs is 1. The minimum Gasteiger partial charge on any atom is -0.327 e. The second-order valence-corrected chi connectivity index (χ2v) is 8.10. The predicted molar refractivity (Wildman–Crippen MR) is 107 cm³/mol. The van der Waals surface area contributed by atoms with Gasteiger partial charge in [-0.3, -0.25) is 10.1 Å². The Morgan fingerprint density at radius 3 is 2.77 bits per heavy atom. The Balaban J connectivity index is 1.40. The molecule has 4 nitrogen and oxygen atoms in total. The number of hydrogen-bond donors (Lipinski definition) is 2. The van der Waals surface area contributed by atoms with Crippen molar-refractivity contribution in [1.29, 1.82) is 0 Å². The van der Waals surface area contributed by atoms with Crippen LogP contribution in [-0.4, -0.2) is 30.5 Å². The summed E-state index contributed by atoms with van der Waals surface area (Å²) < 4.78 is 0. The van der Waals surface area contributed by atoms with E-state index in [1.165, 1.54) is 45.4 Å². The number of amides is 1. The third kappa shape index (κ3) is 4.11. The van der Waals surface area contributed by atoms with E-state index in [0.29, 0.717) is 11.7 Å². The molecular weight excluding hydrogens is 342 g/mol. The lowest BCUT2D eigenvalue weighted by atomic mass is 10.0. The zero-order valence-corrected chi connectivity index (χ0v) is 15.6. The minimum atomic E-state index is 0.0768. The Kier molecular flexibility index (Phi) is 5.27. The van der Waals surface area contributed by atoms with Gasteiger partial charge in [0, 0.05) is 17.5 Å². The molecule has 1 aromatic heterocycles. The van der Waals surface area contributed by atoms with Crippen LogP contribution in [0.4, 0.5) is 5.13 Å². The zero-order valence-electron chi connectivity index (χ0n) is 14.8. The van der Waals surface area contributed by atoms with Crippen molar-refractivity contribution in [3.8, 4) is 0 Å². The van der Waals surface area contributed by atoms with E-state index in [-0.39, 0.29) is 5.91 Å². The zero-order chi connectivity index (χ0) is 17.8. The molecule has 0 atom stereocenters. The van der Waals surface area contributed by atoms with E-state index in [4.69, 9.17) is 0 Å². The first-order valence-electron chi connectivity index (χ1n) is 9.33. The summed E-state index contributed by atoms with van der Waals surface area (Å²) in [5.41, 5.74) is 1.29. The number of quaternary nitrogens is 1. The van der Waals surface area contributed by atoms with E-state index < -0.39 is 0 Å². The number of carbonyl (C=O) groups is 1. The molecule has 5 heteroatoms. The van der Waals surface area contributed by atoms with Crippen molar-refractivity contribution in [3.05, 3.63) is 59.1 Å². The second kappa shape index (κ2) is 7.98. The van der Waals surface area contributed by atoms with Gasteiger partial charge < -0.3 is 4.90 Å². The number of piperidine rings is 1. The molecule has 3 aromatic rings. The number of hydrogen-bond acceptors (Lipinski definition) is 3. The van der Waals surface area contributed by atoms with Crippen molar-refractivity contribution in [1.82, 2.24) is 4.98 Å². The van der Waals surface area contributed by atoms with Gasteiger partial charge in [0.2, 0.25) is 0 Å². The molecule has 0 unspecified atom stereocenters. The number of anilines is 1. The van der Waals surface area contributed by atoms with Crippen LogP contribution in [0.5, 0.6) is 0 Å². The summed E-state index contributed by atoms with van der Waals surface area (Å²) in [6.07, 6.45) is 6.49. The Morgan fingerprint density at radius 2 is 1.88 bits per heavy atom. The largest absolute Gasteiger partial charge is 0.327 e. The smallest absolute Gasteiger partial charge is 0.281 e. The average Bonchev–Trinajstić information content (AvgIpc) is 3.09. The third-order valence-corrected chi connectivity index (χ3v) is 5.93. The number of benzene rings is 2. The second-order valence-electron chi connectivity index (χ2n) is 6.98. The minimum absolute atomic E-state index is 0.0768. The summed E-state index contributed by atoms with van der Waals surface area (Å²) in [6.45, 7) is 2.77. The molecule has 1 saturated heterocycles. The molecule has 1 fully saturated rings. The molecule has 26 heavy (non-hydrogen) atoms. The summed E-state index contributed by atoms with van der Waals surface area (Å²) in [7, 11) is 0. The van der Waals surface area contributed by atoms with Gasteiger partial charge in [-0.25, -0.2) is 4.98 Å². The number of aromatic nitrogens is 1. The van der Waals surface area contributed by atoms with Crippen molar-refractivity contribution in [2.75, 3.05) is 25.0 Å². The van der Waals surface area contributed by atoms with Gasteiger partial charge in [0.25, 0.3) is 5.91 Å². The number of carbonyl (C=O) groups excluding carboxylic acids is 1. The highest BCUT2D eigenvalue weighted by Gasteiger charge is 2.18. The molecule has 134 valence electrons. The van der Waals surface area contributed by atoms with Crippen molar-refractivity contribution in [2.24, 2.45) is 0 Å². The summed E-state index contributed by atoms with van der Waals surface area (Å²) in [5.74, 6) is 0.0768. The van der Waals surface area contributed by atoms with Crippen LogP contribution in [0.2, 0.25) is 0 Å². The highest BCUT2D eigenvalue weighted by atomic mass is 32.1. The topological polar surface area (TPSA) is 46.4 Å². The van der Waals surface area contributed by atoms with Gasteiger partial charge in [0.15, 0.2) is 11.7 Å². The van der Waals surface area contributed by atoms with E-state index in [9.17, 15) is 4.79 Å². The van der Waals surface area contributed by atoms with Gasteiger partial charge in [-0.05, 0) is 35.6 Å². The van der Waals surface area contributed by atoms with E-state index in [2.05, 4.69) is 52.8 Å². The molecule has 0 saturated carbocycles. The van der Waals surface area contributed by atoms with Crippen LogP contribution in [-0.2, 0) is 11.2 Å². The lowest BCUT2D eigenvalue weighted by Gasteiger charge is -2.22. The molecule has 2 heterocycles. The van der Waals surface area contributed by atoms with Crippen LogP contribution in [0, 0.1) is 0 Å². The highest BCUT2D eigenvalue weighted by molar-refractivity contribution is 7.15. The molecule has 0 aliphatic carbocycles. The maximum Gasteiger partial charge on any atom is 0.281 e. The molecule has 1 aliphatic heterocycles. The first-order chi connectivity index (χ1) is 12.8. The number of rotatable bonds is 5. The summed E-state index contributed by atoms with van der Waals surface area (Å²) in [6, 6.07) is 14.8. The standard InChI is InChI=1S/C21H23N3OS/c25-20(15-24-11-4-1-5-12-24)23-21-22-14-18(26-21)13-17-9-6-8-16-7-2-3-10-19(16)17/h2-3,6-10,14H,1,4-5,11-13,15H2,(H,22,23,25)/p+1. The molecule has 0 spiro atoms. The fraction of sp³-hybridized carbons (Fsp3) is 0.333. The lowest BCUT2D eigenvalue weighted by Crippen LogP contribution is -3.13. The summed E-state index contributed by atoms with van der Waals surface area (Å²) >= 11 is 1.57. The maximum atomic E-state index is 12.3. The Morgan fingerprint density at radius 1 is 1.08 bits per heavy atom. The number of thiazole rings is 1. The number of nitrogens with one attached hydrogen (secondary N) is 2.